The van der Waals surface area contributed by atoms with Crippen LogP contribution in [0, 0.1) is 0 Å². The van der Waals surface area contributed by atoms with Crippen molar-refractivity contribution in [1.82, 2.24) is 0 Å². The Balaban J connectivity index is 1.72. The lowest BCUT2D eigenvalue weighted by Gasteiger charge is -2.33. The summed E-state index contributed by atoms with van der Waals surface area (Å²) in [5.41, 5.74) is 2.44. The molecule has 3 N–H and O–H groups in total. The van der Waals surface area contributed by atoms with Crippen LogP contribution in [0.5, 0.6) is 40.2 Å². The predicted octanol–water partition coefficient (Wildman–Crippen LogP) is 4.62. The first-order chi connectivity index (χ1) is 18.8. The summed E-state index contributed by atoms with van der Waals surface area (Å²) in [6.07, 6.45) is 3.42. The van der Waals surface area contributed by atoms with Gasteiger partial charge in [-0.15, -0.1) is 0 Å². The summed E-state index contributed by atoms with van der Waals surface area (Å²) in [6, 6.07) is 9.23. The Morgan fingerprint density at radius 2 is 1.56 bits per heavy atom. The molecule has 10 heteroatoms. The van der Waals surface area contributed by atoms with Crippen molar-refractivity contribution < 1.29 is 38.7 Å². The van der Waals surface area contributed by atoms with E-state index in [0.717, 1.165) is 5.56 Å². The van der Waals surface area contributed by atoms with Crippen molar-refractivity contribution in [3.8, 4) is 40.2 Å². The number of methoxy groups -OCH3 is 4. The average molecular weight is 532 g/mol. The largest absolute Gasteiger partial charge is 0.504 e. The molecule has 0 saturated heterocycles. The molecule has 0 aliphatic carbocycles. The standard InChI is InChI=1S/C29H25NO9/c1-35-20-9-13(5-6-17(20)31)23-24-16-11-21(36-2)18(32)12-19(16)39-29(34)26(24)30-8-7-14-15(25(23)30)10-22(37-3)28(38-4)27(14)33/h5-12,23,25,31-33H,1-4H3. The maximum atomic E-state index is 13.5. The molecule has 0 fully saturated rings. The number of rotatable bonds is 5. The van der Waals surface area contributed by atoms with Gasteiger partial charge in [0.1, 0.15) is 11.3 Å². The van der Waals surface area contributed by atoms with Gasteiger partial charge in [-0.05, 0) is 41.5 Å². The van der Waals surface area contributed by atoms with Crippen LogP contribution >= 0.6 is 0 Å². The number of nitrogens with zero attached hydrogens (tertiary/aromatic N) is 1. The number of benzene rings is 3. The third-order valence-corrected chi connectivity index (χ3v) is 7.41. The molecule has 2 aliphatic heterocycles. The minimum atomic E-state index is -0.599. The molecule has 2 unspecified atom stereocenters. The highest BCUT2D eigenvalue weighted by molar-refractivity contribution is 5.92. The zero-order valence-corrected chi connectivity index (χ0v) is 21.5. The Hall–Kier alpha value is -4.99. The lowest BCUT2D eigenvalue weighted by atomic mass is 9.80. The van der Waals surface area contributed by atoms with Crippen LogP contribution in [0.3, 0.4) is 0 Å². The van der Waals surface area contributed by atoms with Crippen LogP contribution in [0.25, 0.3) is 17.0 Å². The number of fused-ring (bicyclic) bond motifs is 7. The Labute approximate surface area is 222 Å². The molecule has 1 aromatic heterocycles. The number of hydrogen-bond donors (Lipinski definition) is 3. The van der Waals surface area contributed by atoms with Crippen molar-refractivity contribution in [2.45, 2.75) is 12.0 Å². The number of anilines is 1. The monoisotopic (exact) mass is 531 g/mol. The quantitative estimate of drug-likeness (QED) is 0.314. The second-order valence-electron chi connectivity index (χ2n) is 9.21. The van der Waals surface area contributed by atoms with Crippen LogP contribution in [-0.2, 0) is 0 Å². The second kappa shape index (κ2) is 8.80. The van der Waals surface area contributed by atoms with Gasteiger partial charge in [0.25, 0.3) is 0 Å². The first-order valence-corrected chi connectivity index (χ1v) is 12.0. The zero-order valence-electron chi connectivity index (χ0n) is 21.5. The molecule has 4 aromatic rings. The van der Waals surface area contributed by atoms with Gasteiger partial charge in [0.2, 0.25) is 5.75 Å². The smallest absolute Gasteiger partial charge is 0.360 e. The SMILES string of the molecule is COc1cc(C2c3c(c(=O)oc4cc(O)c(OC)cc34)N3C=Cc4c(cc(OC)c(OC)c4O)C23)ccc1O. The third kappa shape index (κ3) is 3.37. The van der Waals surface area contributed by atoms with Crippen molar-refractivity contribution >= 4 is 22.7 Å². The van der Waals surface area contributed by atoms with Crippen LogP contribution in [0.1, 0.15) is 34.2 Å². The third-order valence-electron chi connectivity index (χ3n) is 7.41. The number of aromatic hydroxyl groups is 3. The van der Waals surface area contributed by atoms with Crippen LogP contribution in [0.15, 0.2) is 51.8 Å². The van der Waals surface area contributed by atoms with Gasteiger partial charge in [0, 0.05) is 34.7 Å². The van der Waals surface area contributed by atoms with E-state index in [1.165, 1.54) is 40.6 Å². The van der Waals surface area contributed by atoms with Crippen molar-refractivity contribution in [3.05, 3.63) is 75.3 Å². The van der Waals surface area contributed by atoms with Gasteiger partial charge in [0.15, 0.2) is 34.5 Å². The molecule has 0 radical (unpaired) electrons. The van der Waals surface area contributed by atoms with Crippen molar-refractivity contribution in [1.29, 1.82) is 0 Å². The highest BCUT2D eigenvalue weighted by Gasteiger charge is 2.46. The van der Waals surface area contributed by atoms with Gasteiger partial charge in [-0.2, -0.15) is 0 Å². The van der Waals surface area contributed by atoms with E-state index in [2.05, 4.69) is 0 Å². The zero-order chi connectivity index (χ0) is 27.6. The minimum absolute atomic E-state index is 0.0339. The Bertz CT molecular complexity index is 1740. The fourth-order valence-corrected chi connectivity index (χ4v) is 5.73. The van der Waals surface area contributed by atoms with E-state index in [1.807, 2.05) is 0 Å². The molecule has 10 nitrogen and oxygen atoms in total. The summed E-state index contributed by atoms with van der Waals surface area (Å²) in [5, 5.41) is 32.4. The van der Waals surface area contributed by atoms with Gasteiger partial charge in [-0.1, -0.05) is 6.07 Å². The lowest BCUT2D eigenvalue weighted by Crippen LogP contribution is -2.27. The molecule has 2 atom stereocenters. The predicted molar refractivity (Wildman–Crippen MR) is 143 cm³/mol. The summed E-state index contributed by atoms with van der Waals surface area (Å²) in [4.78, 5) is 15.3. The Kier molecular flexibility index (Phi) is 5.49. The molecule has 0 spiro atoms. The maximum absolute atomic E-state index is 13.5. The number of ether oxygens (including phenoxy) is 4. The van der Waals surface area contributed by atoms with Crippen molar-refractivity contribution in [3.63, 3.8) is 0 Å². The molecular weight excluding hydrogens is 506 g/mol. The molecule has 3 heterocycles. The molecule has 0 saturated carbocycles. The summed E-state index contributed by atoms with van der Waals surface area (Å²) in [6.45, 7) is 0. The van der Waals surface area contributed by atoms with Gasteiger partial charge in [0.05, 0.1) is 34.5 Å². The summed E-state index contributed by atoms with van der Waals surface area (Å²) < 4.78 is 27.4. The van der Waals surface area contributed by atoms with Crippen LogP contribution in [0.2, 0.25) is 0 Å². The van der Waals surface area contributed by atoms with Gasteiger partial charge < -0.3 is 43.6 Å². The van der Waals surface area contributed by atoms with Gasteiger partial charge in [-0.25, -0.2) is 4.79 Å². The maximum Gasteiger partial charge on any atom is 0.360 e. The minimum Gasteiger partial charge on any atom is -0.504 e. The topological polar surface area (TPSA) is 131 Å². The van der Waals surface area contributed by atoms with E-state index in [4.69, 9.17) is 23.4 Å². The average Bonchev–Trinajstić information content (AvgIpc) is 3.29. The first-order valence-electron chi connectivity index (χ1n) is 12.0. The Morgan fingerprint density at radius 3 is 2.26 bits per heavy atom. The molecular formula is C29H25NO9. The molecule has 0 bridgehead atoms. The molecule has 2 aliphatic rings. The van der Waals surface area contributed by atoms with E-state index < -0.39 is 17.6 Å². The Morgan fingerprint density at radius 1 is 0.846 bits per heavy atom. The summed E-state index contributed by atoms with van der Waals surface area (Å²) >= 11 is 0. The molecule has 200 valence electrons. The lowest BCUT2D eigenvalue weighted by molar-refractivity contribution is 0.331. The fraction of sp³-hybridized carbons (Fsp3) is 0.207. The van der Waals surface area contributed by atoms with E-state index in [0.29, 0.717) is 33.5 Å². The number of phenolic OH excluding ortho intramolecular Hbond substituents is 3. The first kappa shape index (κ1) is 24.4. The number of hydrogen-bond acceptors (Lipinski definition) is 10. The molecule has 0 amide bonds. The van der Waals surface area contributed by atoms with Crippen LogP contribution in [0.4, 0.5) is 5.69 Å². The summed E-state index contributed by atoms with van der Waals surface area (Å²) in [7, 11) is 5.82. The van der Waals surface area contributed by atoms with E-state index >= 15 is 0 Å². The highest BCUT2D eigenvalue weighted by atomic mass is 16.5. The van der Waals surface area contributed by atoms with Crippen molar-refractivity contribution in [2.24, 2.45) is 0 Å². The second-order valence-corrected chi connectivity index (χ2v) is 9.21. The van der Waals surface area contributed by atoms with Crippen LogP contribution < -0.4 is 29.5 Å². The summed E-state index contributed by atoms with van der Waals surface area (Å²) in [5.74, 6) is 0.179. The van der Waals surface area contributed by atoms with Gasteiger partial charge >= 0.3 is 5.63 Å². The molecule has 3 aromatic carbocycles. The highest BCUT2D eigenvalue weighted by Crippen LogP contribution is 2.58. The van der Waals surface area contributed by atoms with E-state index in [9.17, 15) is 20.1 Å². The van der Waals surface area contributed by atoms with Gasteiger partial charge in [-0.3, -0.25) is 0 Å². The molecule has 39 heavy (non-hydrogen) atoms. The molecule has 6 rings (SSSR count). The fourth-order valence-electron chi connectivity index (χ4n) is 5.73. The van der Waals surface area contributed by atoms with E-state index in [1.54, 1.807) is 41.4 Å². The number of phenols is 3. The normalized spacial score (nSPS) is 17.0. The van der Waals surface area contributed by atoms with Crippen LogP contribution in [-0.4, -0.2) is 43.8 Å². The van der Waals surface area contributed by atoms with Crippen molar-refractivity contribution in [2.75, 3.05) is 33.3 Å². The van der Waals surface area contributed by atoms with E-state index in [-0.39, 0.29) is 40.1 Å².